The van der Waals surface area contributed by atoms with E-state index in [1.807, 2.05) is 51.3 Å². The Morgan fingerprint density at radius 2 is 1.65 bits per heavy atom. The maximum absolute atomic E-state index is 13.6. The van der Waals surface area contributed by atoms with Crippen LogP contribution in [0.5, 0.6) is 5.75 Å². The molecular formula is C31H42FN3O4S. The number of amidine groups is 1. The van der Waals surface area contributed by atoms with E-state index in [1.54, 1.807) is 17.0 Å². The molecule has 0 radical (unpaired) electrons. The summed E-state index contributed by atoms with van der Waals surface area (Å²) in [6.07, 6.45) is 3.17. The Morgan fingerprint density at radius 3 is 2.20 bits per heavy atom. The molecule has 2 aromatic carbocycles. The smallest absolute Gasteiger partial charge is 0.410 e. The van der Waals surface area contributed by atoms with E-state index in [0.717, 1.165) is 16.9 Å². The second-order valence-corrected chi connectivity index (χ2v) is 12.2. The van der Waals surface area contributed by atoms with Gasteiger partial charge < -0.3 is 19.3 Å². The number of piperidine rings is 1. The summed E-state index contributed by atoms with van der Waals surface area (Å²) in [6.45, 7) is 12.0. The molecule has 218 valence electrons. The van der Waals surface area contributed by atoms with Crippen LogP contribution in [0.2, 0.25) is 0 Å². The van der Waals surface area contributed by atoms with Crippen molar-refractivity contribution < 1.29 is 23.5 Å². The van der Waals surface area contributed by atoms with Crippen LogP contribution in [-0.2, 0) is 22.5 Å². The summed E-state index contributed by atoms with van der Waals surface area (Å²) in [6, 6.07) is 14.0. The van der Waals surface area contributed by atoms with E-state index in [2.05, 4.69) is 23.7 Å². The Balaban J connectivity index is 1.73. The molecule has 1 saturated heterocycles. The maximum Gasteiger partial charge on any atom is 0.410 e. The van der Waals surface area contributed by atoms with Crippen molar-refractivity contribution >= 4 is 28.9 Å². The first-order valence-corrected chi connectivity index (χ1v) is 15.0. The monoisotopic (exact) mass is 571 g/mol. The Hall–Kier alpha value is -3.07. The zero-order valence-corrected chi connectivity index (χ0v) is 25.3. The quantitative estimate of drug-likeness (QED) is 0.264. The lowest BCUT2D eigenvalue weighted by molar-refractivity contribution is -0.117. The minimum atomic E-state index is -0.553. The van der Waals surface area contributed by atoms with Gasteiger partial charge in [-0.1, -0.05) is 49.9 Å². The summed E-state index contributed by atoms with van der Waals surface area (Å²) in [7, 11) is 0. The second kappa shape index (κ2) is 14.5. The van der Waals surface area contributed by atoms with Gasteiger partial charge in [-0.3, -0.25) is 4.79 Å². The predicted molar refractivity (Wildman–Crippen MR) is 159 cm³/mol. The summed E-state index contributed by atoms with van der Waals surface area (Å²) in [5, 5.41) is 0.613. The van der Waals surface area contributed by atoms with Gasteiger partial charge in [-0.2, -0.15) is 4.99 Å². The SMILES string of the molecule is CSC(=NC(=O)Cc1ccc(OCC(C)C)cc1)N(Cc1ccc(F)cc1)C1CCN(C(=O)OC(C)(C)C)CC1. The van der Waals surface area contributed by atoms with E-state index in [9.17, 15) is 14.0 Å². The molecule has 40 heavy (non-hydrogen) atoms. The van der Waals surface area contributed by atoms with Crippen LogP contribution in [0.4, 0.5) is 9.18 Å². The van der Waals surface area contributed by atoms with Gasteiger partial charge in [0.2, 0.25) is 0 Å². The minimum absolute atomic E-state index is 0.0557. The molecule has 0 spiro atoms. The van der Waals surface area contributed by atoms with Crippen molar-refractivity contribution in [3.8, 4) is 5.75 Å². The van der Waals surface area contributed by atoms with Gasteiger partial charge in [-0.05, 0) is 81.2 Å². The number of carbonyl (C=O) groups excluding carboxylic acids is 2. The van der Waals surface area contributed by atoms with Gasteiger partial charge in [-0.25, -0.2) is 9.18 Å². The van der Waals surface area contributed by atoms with Crippen LogP contribution in [0, 0.1) is 11.7 Å². The molecule has 2 amide bonds. The molecule has 9 heteroatoms. The number of nitrogens with zero attached hydrogens (tertiary/aromatic N) is 3. The molecule has 7 nitrogen and oxygen atoms in total. The molecule has 0 saturated carbocycles. The zero-order valence-electron chi connectivity index (χ0n) is 24.5. The Morgan fingerprint density at radius 1 is 1.05 bits per heavy atom. The van der Waals surface area contributed by atoms with Gasteiger partial charge in [0.05, 0.1) is 13.0 Å². The van der Waals surface area contributed by atoms with Gasteiger partial charge in [0, 0.05) is 25.7 Å². The highest BCUT2D eigenvalue weighted by atomic mass is 32.2. The standard InChI is InChI=1S/C31H42FN3O4S/c1-22(2)21-38-27-13-9-23(10-14-27)19-28(36)33-29(40-6)35(20-24-7-11-25(32)12-8-24)26-15-17-34(18-16-26)30(37)39-31(3,4)5/h7-14,22,26H,15-21H2,1-6H3. The van der Waals surface area contributed by atoms with Crippen LogP contribution in [0.25, 0.3) is 0 Å². The number of benzene rings is 2. The highest BCUT2D eigenvalue weighted by Gasteiger charge is 2.31. The van der Waals surface area contributed by atoms with Crippen LogP contribution >= 0.6 is 11.8 Å². The summed E-state index contributed by atoms with van der Waals surface area (Å²) >= 11 is 1.42. The van der Waals surface area contributed by atoms with Crippen LogP contribution in [0.15, 0.2) is 53.5 Å². The zero-order chi connectivity index (χ0) is 29.3. The average Bonchev–Trinajstić information content (AvgIpc) is 2.90. The third-order valence-electron chi connectivity index (χ3n) is 6.33. The number of ether oxygens (including phenoxy) is 2. The molecular weight excluding hydrogens is 529 g/mol. The first-order chi connectivity index (χ1) is 18.9. The average molecular weight is 572 g/mol. The molecule has 1 aliphatic rings. The number of likely N-dealkylation sites (tertiary alicyclic amines) is 1. The lowest BCUT2D eigenvalue weighted by Gasteiger charge is -2.40. The fourth-order valence-corrected chi connectivity index (χ4v) is 4.98. The van der Waals surface area contributed by atoms with E-state index in [0.29, 0.717) is 50.2 Å². The lowest BCUT2D eigenvalue weighted by atomic mass is 10.0. The maximum atomic E-state index is 13.6. The van der Waals surface area contributed by atoms with Crippen molar-refractivity contribution in [3.05, 3.63) is 65.5 Å². The Labute approximate surface area is 242 Å². The number of carbonyl (C=O) groups is 2. The molecule has 0 unspecified atom stereocenters. The number of rotatable bonds is 8. The third-order valence-corrected chi connectivity index (χ3v) is 7.02. The molecule has 1 fully saturated rings. The van der Waals surface area contributed by atoms with E-state index in [-0.39, 0.29) is 30.3 Å². The molecule has 0 aliphatic carbocycles. The first kappa shape index (κ1) is 31.5. The van der Waals surface area contributed by atoms with Crippen molar-refractivity contribution in [3.63, 3.8) is 0 Å². The molecule has 2 aromatic rings. The highest BCUT2D eigenvalue weighted by molar-refractivity contribution is 8.13. The van der Waals surface area contributed by atoms with Gasteiger partial charge in [0.25, 0.3) is 5.91 Å². The largest absolute Gasteiger partial charge is 0.493 e. The highest BCUT2D eigenvalue weighted by Crippen LogP contribution is 2.25. The predicted octanol–water partition coefficient (Wildman–Crippen LogP) is 6.55. The van der Waals surface area contributed by atoms with Crippen molar-refractivity contribution in [2.45, 2.75) is 72.1 Å². The van der Waals surface area contributed by atoms with Gasteiger partial charge in [0.1, 0.15) is 17.2 Å². The Kier molecular flexibility index (Phi) is 11.4. The fraction of sp³-hybridized carbons (Fsp3) is 0.516. The number of aliphatic imine (C=N–C) groups is 1. The summed E-state index contributed by atoms with van der Waals surface area (Å²) in [5.41, 5.74) is 1.23. The molecule has 0 bridgehead atoms. The second-order valence-electron chi connectivity index (χ2n) is 11.5. The minimum Gasteiger partial charge on any atom is -0.493 e. The van der Waals surface area contributed by atoms with E-state index >= 15 is 0 Å². The molecule has 3 rings (SSSR count). The number of hydrogen-bond acceptors (Lipinski definition) is 5. The normalized spacial score (nSPS) is 14.8. The van der Waals surface area contributed by atoms with Crippen LogP contribution in [0.3, 0.4) is 0 Å². The number of hydrogen-bond donors (Lipinski definition) is 0. The molecule has 0 atom stereocenters. The van der Waals surface area contributed by atoms with Crippen molar-refractivity contribution in [2.24, 2.45) is 10.9 Å². The number of amides is 2. The summed E-state index contributed by atoms with van der Waals surface area (Å²) in [5.74, 6) is 0.676. The molecule has 0 N–H and O–H groups in total. The first-order valence-electron chi connectivity index (χ1n) is 13.8. The van der Waals surface area contributed by atoms with Gasteiger partial charge >= 0.3 is 6.09 Å². The third kappa shape index (κ3) is 10.2. The van der Waals surface area contributed by atoms with Crippen LogP contribution < -0.4 is 4.74 Å². The van der Waals surface area contributed by atoms with Gasteiger partial charge in [0.15, 0.2) is 5.17 Å². The molecule has 0 aromatic heterocycles. The summed E-state index contributed by atoms with van der Waals surface area (Å²) < 4.78 is 24.9. The fourth-order valence-electron chi connectivity index (χ4n) is 4.34. The van der Waals surface area contributed by atoms with Gasteiger partial charge in [-0.15, -0.1) is 0 Å². The summed E-state index contributed by atoms with van der Waals surface area (Å²) in [4.78, 5) is 34.0. The lowest BCUT2D eigenvalue weighted by Crippen LogP contribution is -2.49. The topological polar surface area (TPSA) is 71.4 Å². The van der Waals surface area contributed by atoms with E-state index in [1.165, 1.54) is 23.9 Å². The van der Waals surface area contributed by atoms with Crippen molar-refractivity contribution in [2.75, 3.05) is 26.0 Å². The number of halogens is 1. The van der Waals surface area contributed by atoms with Crippen molar-refractivity contribution in [1.29, 1.82) is 0 Å². The molecule has 1 heterocycles. The van der Waals surface area contributed by atoms with Crippen LogP contribution in [-0.4, -0.2) is 64.6 Å². The Bertz CT molecular complexity index is 1140. The van der Waals surface area contributed by atoms with E-state index in [4.69, 9.17) is 9.47 Å². The van der Waals surface area contributed by atoms with Crippen LogP contribution in [0.1, 0.15) is 58.6 Å². The number of thioether (sulfide) groups is 1. The van der Waals surface area contributed by atoms with Crippen molar-refractivity contribution in [1.82, 2.24) is 9.80 Å². The van der Waals surface area contributed by atoms with E-state index < -0.39 is 5.60 Å². The molecule has 1 aliphatic heterocycles.